The molecule has 122 valence electrons. The molecule has 0 saturated carbocycles. The molecule has 3 aromatic carbocycles. The molecule has 0 aromatic heterocycles. The SMILES string of the molecule is COc1ccc(NC(Cc2ccccc2)Cc2ccccc2)cc1. The van der Waals surface area contributed by atoms with Crippen molar-refractivity contribution < 1.29 is 4.74 Å². The Bertz CT molecular complexity index is 681. The van der Waals surface area contributed by atoms with Crippen molar-refractivity contribution in [2.24, 2.45) is 0 Å². The summed E-state index contributed by atoms with van der Waals surface area (Å²) in [7, 11) is 1.69. The minimum absolute atomic E-state index is 0.336. The topological polar surface area (TPSA) is 21.3 Å². The molecule has 0 amide bonds. The molecule has 0 radical (unpaired) electrons. The van der Waals surface area contributed by atoms with Gasteiger partial charge in [0.1, 0.15) is 5.75 Å². The zero-order chi connectivity index (χ0) is 16.6. The summed E-state index contributed by atoms with van der Waals surface area (Å²) in [6.45, 7) is 0. The number of hydrogen-bond acceptors (Lipinski definition) is 2. The van der Waals surface area contributed by atoms with Crippen LogP contribution >= 0.6 is 0 Å². The molecule has 0 unspecified atom stereocenters. The fraction of sp³-hybridized carbons (Fsp3) is 0.182. The maximum absolute atomic E-state index is 5.24. The molecule has 0 atom stereocenters. The third-order valence-corrected chi connectivity index (χ3v) is 4.11. The molecule has 24 heavy (non-hydrogen) atoms. The van der Waals surface area contributed by atoms with E-state index in [0.717, 1.165) is 24.3 Å². The number of hydrogen-bond donors (Lipinski definition) is 1. The van der Waals surface area contributed by atoms with Gasteiger partial charge in [0.05, 0.1) is 7.11 Å². The molecule has 3 aromatic rings. The monoisotopic (exact) mass is 317 g/mol. The van der Waals surface area contributed by atoms with Gasteiger partial charge in [-0.3, -0.25) is 0 Å². The lowest BCUT2D eigenvalue weighted by Gasteiger charge is -2.21. The van der Waals surface area contributed by atoms with Crippen LogP contribution in [0.25, 0.3) is 0 Å². The summed E-state index contributed by atoms with van der Waals surface area (Å²) in [4.78, 5) is 0. The van der Waals surface area contributed by atoms with Crippen molar-refractivity contribution in [2.75, 3.05) is 12.4 Å². The van der Waals surface area contributed by atoms with E-state index in [0.29, 0.717) is 6.04 Å². The molecule has 0 aliphatic heterocycles. The number of methoxy groups -OCH3 is 1. The minimum atomic E-state index is 0.336. The van der Waals surface area contributed by atoms with Crippen LogP contribution in [0.2, 0.25) is 0 Å². The van der Waals surface area contributed by atoms with Crippen LogP contribution in [0, 0.1) is 0 Å². The first-order chi connectivity index (χ1) is 11.8. The largest absolute Gasteiger partial charge is 0.497 e. The normalized spacial score (nSPS) is 10.6. The number of anilines is 1. The van der Waals surface area contributed by atoms with Crippen molar-refractivity contribution in [3.05, 3.63) is 96.1 Å². The average Bonchev–Trinajstić information content (AvgIpc) is 2.64. The molecule has 0 bridgehead atoms. The number of ether oxygens (including phenoxy) is 1. The second kappa shape index (κ2) is 8.21. The zero-order valence-electron chi connectivity index (χ0n) is 14.0. The van der Waals surface area contributed by atoms with Gasteiger partial charge in [0.15, 0.2) is 0 Å². The Hall–Kier alpha value is -2.74. The van der Waals surface area contributed by atoms with Crippen LogP contribution in [-0.4, -0.2) is 13.2 Å². The van der Waals surface area contributed by atoms with E-state index in [1.165, 1.54) is 11.1 Å². The Morgan fingerprint density at radius 3 is 1.67 bits per heavy atom. The zero-order valence-corrected chi connectivity index (χ0v) is 14.0. The van der Waals surface area contributed by atoms with Gasteiger partial charge in [-0.15, -0.1) is 0 Å². The van der Waals surface area contributed by atoms with Gasteiger partial charge < -0.3 is 10.1 Å². The highest BCUT2D eigenvalue weighted by Crippen LogP contribution is 2.18. The molecule has 0 fully saturated rings. The molecule has 3 rings (SSSR count). The fourth-order valence-electron chi connectivity index (χ4n) is 2.89. The Morgan fingerprint density at radius 2 is 1.21 bits per heavy atom. The highest BCUT2D eigenvalue weighted by atomic mass is 16.5. The van der Waals surface area contributed by atoms with Crippen LogP contribution in [0.4, 0.5) is 5.69 Å². The highest BCUT2D eigenvalue weighted by Gasteiger charge is 2.11. The number of benzene rings is 3. The first-order valence-electron chi connectivity index (χ1n) is 8.32. The molecular weight excluding hydrogens is 294 g/mol. The molecular formula is C22H23NO. The van der Waals surface area contributed by atoms with Crippen LogP contribution in [0.15, 0.2) is 84.9 Å². The van der Waals surface area contributed by atoms with E-state index in [1.807, 2.05) is 12.1 Å². The lowest BCUT2D eigenvalue weighted by atomic mass is 9.98. The summed E-state index contributed by atoms with van der Waals surface area (Å²) >= 11 is 0. The van der Waals surface area contributed by atoms with Crippen molar-refractivity contribution in [3.63, 3.8) is 0 Å². The second-order valence-corrected chi connectivity index (χ2v) is 5.95. The van der Waals surface area contributed by atoms with Gasteiger partial charge in [-0.2, -0.15) is 0 Å². The predicted octanol–water partition coefficient (Wildman–Crippen LogP) is 4.96. The fourth-order valence-corrected chi connectivity index (χ4v) is 2.89. The molecule has 1 N–H and O–H groups in total. The van der Waals surface area contributed by atoms with Crippen molar-refractivity contribution in [2.45, 2.75) is 18.9 Å². The van der Waals surface area contributed by atoms with Crippen LogP contribution in [0.3, 0.4) is 0 Å². The first kappa shape index (κ1) is 16.1. The average molecular weight is 317 g/mol. The van der Waals surface area contributed by atoms with Crippen LogP contribution < -0.4 is 10.1 Å². The summed E-state index contributed by atoms with van der Waals surface area (Å²) in [5.74, 6) is 0.878. The molecule has 0 aliphatic rings. The van der Waals surface area contributed by atoms with Gasteiger partial charge in [0.2, 0.25) is 0 Å². The maximum Gasteiger partial charge on any atom is 0.119 e. The van der Waals surface area contributed by atoms with E-state index in [1.54, 1.807) is 7.11 Å². The van der Waals surface area contributed by atoms with Crippen LogP contribution in [0.5, 0.6) is 5.75 Å². The molecule has 0 aliphatic carbocycles. The smallest absolute Gasteiger partial charge is 0.119 e. The van der Waals surface area contributed by atoms with E-state index in [9.17, 15) is 0 Å². The van der Waals surface area contributed by atoms with Gasteiger partial charge in [0.25, 0.3) is 0 Å². The lowest BCUT2D eigenvalue weighted by molar-refractivity contribution is 0.415. The van der Waals surface area contributed by atoms with Crippen LogP contribution in [0.1, 0.15) is 11.1 Å². The molecule has 2 heteroatoms. The molecule has 0 saturated heterocycles. The maximum atomic E-state index is 5.24. The van der Waals surface area contributed by atoms with E-state index >= 15 is 0 Å². The Kier molecular flexibility index (Phi) is 5.52. The van der Waals surface area contributed by atoms with Crippen molar-refractivity contribution in [1.29, 1.82) is 0 Å². The van der Waals surface area contributed by atoms with Gasteiger partial charge in [-0.1, -0.05) is 60.7 Å². The number of nitrogens with one attached hydrogen (secondary N) is 1. The van der Waals surface area contributed by atoms with Crippen molar-refractivity contribution >= 4 is 5.69 Å². The standard InChI is InChI=1S/C22H23NO/c1-24-22-14-12-20(13-15-22)23-21(16-18-8-4-2-5-9-18)17-19-10-6-3-7-11-19/h2-15,21,23H,16-17H2,1H3. The van der Waals surface area contributed by atoms with E-state index in [-0.39, 0.29) is 0 Å². The van der Waals surface area contributed by atoms with Gasteiger partial charge in [0, 0.05) is 11.7 Å². The molecule has 0 heterocycles. The van der Waals surface area contributed by atoms with Gasteiger partial charge in [-0.05, 0) is 48.2 Å². The Balaban J connectivity index is 1.75. The van der Waals surface area contributed by atoms with E-state index in [2.05, 4.69) is 78.1 Å². The predicted molar refractivity (Wildman–Crippen MR) is 101 cm³/mol. The van der Waals surface area contributed by atoms with Crippen molar-refractivity contribution in [3.8, 4) is 5.75 Å². The summed E-state index contributed by atoms with van der Waals surface area (Å²) in [6.07, 6.45) is 1.98. The summed E-state index contributed by atoms with van der Waals surface area (Å²) in [5.41, 5.74) is 3.81. The minimum Gasteiger partial charge on any atom is -0.497 e. The highest BCUT2D eigenvalue weighted by molar-refractivity contribution is 5.47. The Morgan fingerprint density at radius 1 is 0.708 bits per heavy atom. The molecule has 2 nitrogen and oxygen atoms in total. The summed E-state index contributed by atoms with van der Waals surface area (Å²) in [6, 6.07) is 29.7. The third-order valence-electron chi connectivity index (χ3n) is 4.11. The van der Waals surface area contributed by atoms with Gasteiger partial charge >= 0.3 is 0 Å². The lowest BCUT2D eigenvalue weighted by Crippen LogP contribution is -2.25. The second-order valence-electron chi connectivity index (χ2n) is 5.95. The van der Waals surface area contributed by atoms with Gasteiger partial charge in [-0.25, -0.2) is 0 Å². The first-order valence-corrected chi connectivity index (χ1v) is 8.32. The third kappa shape index (κ3) is 4.63. The van der Waals surface area contributed by atoms with E-state index in [4.69, 9.17) is 4.74 Å². The Labute approximate surface area is 144 Å². The quantitative estimate of drug-likeness (QED) is 0.665. The summed E-state index contributed by atoms with van der Waals surface area (Å²) in [5, 5.41) is 3.67. The van der Waals surface area contributed by atoms with E-state index < -0.39 is 0 Å². The molecule has 0 spiro atoms. The van der Waals surface area contributed by atoms with Crippen LogP contribution in [-0.2, 0) is 12.8 Å². The number of rotatable bonds is 7. The van der Waals surface area contributed by atoms with Crippen molar-refractivity contribution in [1.82, 2.24) is 0 Å². The summed E-state index contributed by atoms with van der Waals surface area (Å²) < 4.78 is 5.24.